The summed E-state index contributed by atoms with van der Waals surface area (Å²) in [5.74, 6) is 0.885. The first-order valence-electron chi connectivity index (χ1n) is 11.8. The normalized spacial score (nSPS) is 15.2. The zero-order chi connectivity index (χ0) is 26.4. The van der Waals surface area contributed by atoms with Gasteiger partial charge in [0.25, 0.3) is 0 Å². The summed E-state index contributed by atoms with van der Waals surface area (Å²) in [5, 5.41) is 10.4. The van der Waals surface area contributed by atoms with E-state index in [1.807, 2.05) is 11.3 Å². The third-order valence-electron chi connectivity index (χ3n) is 6.56. The average molecular weight is 506 g/mol. The van der Waals surface area contributed by atoms with Crippen LogP contribution in [0.3, 0.4) is 0 Å². The van der Waals surface area contributed by atoms with Crippen molar-refractivity contribution in [2.45, 2.75) is 66.0 Å². The molecule has 1 aliphatic rings. The molecule has 2 atom stereocenters. The minimum Gasteiger partial charge on any atom is -0.450 e. The number of aliphatic hydroxyl groups is 1. The molecule has 36 heavy (non-hydrogen) atoms. The van der Waals surface area contributed by atoms with Gasteiger partial charge in [0.1, 0.15) is 5.82 Å². The standard InChI is InChI=1S/C25H30F3N5O3/c1-6-36-24(35)31-12-19-21(13-31)33-14(2)10-29-23(33)30-22(19)32(11-15(3)34)17(5)18-8-7-9-20(16(18)4)25(26,27)28/h7-10,15,17,34H,6,11-13H2,1-5H3/t15?,17-/m1/s1. The molecule has 1 unspecified atom stereocenters. The van der Waals surface area contributed by atoms with Crippen molar-refractivity contribution >= 4 is 17.7 Å². The Morgan fingerprint density at radius 3 is 2.61 bits per heavy atom. The Bertz CT molecular complexity index is 1290. The van der Waals surface area contributed by atoms with Crippen LogP contribution in [0.5, 0.6) is 0 Å². The van der Waals surface area contributed by atoms with Crippen molar-refractivity contribution in [2.24, 2.45) is 0 Å². The van der Waals surface area contributed by atoms with Gasteiger partial charge in [-0.25, -0.2) is 9.78 Å². The number of hydrogen-bond donors (Lipinski definition) is 1. The second kappa shape index (κ2) is 9.61. The molecule has 8 nitrogen and oxygen atoms in total. The minimum atomic E-state index is -4.49. The van der Waals surface area contributed by atoms with Gasteiger partial charge < -0.3 is 14.7 Å². The molecule has 1 N–H and O–H groups in total. The number of aromatic nitrogens is 3. The van der Waals surface area contributed by atoms with Crippen molar-refractivity contribution in [3.63, 3.8) is 0 Å². The Morgan fingerprint density at radius 1 is 1.25 bits per heavy atom. The van der Waals surface area contributed by atoms with E-state index < -0.39 is 30.0 Å². The highest BCUT2D eigenvalue weighted by molar-refractivity contribution is 5.70. The van der Waals surface area contributed by atoms with E-state index in [4.69, 9.17) is 9.72 Å². The van der Waals surface area contributed by atoms with Crippen molar-refractivity contribution in [2.75, 3.05) is 18.1 Å². The minimum absolute atomic E-state index is 0.117. The van der Waals surface area contributed by atoms with Gasteiger partial charge in [-0.3, -0.25) is 9.30 Å². The van der Waals surface area contributed by atoms with Crippen LogP contribution in [0.1, 0.15) is 60.5 Å². The maximum Gasteiger partial charge on any atom is 0.416 e. The van der Waals surface area contributed by atoms with Crippen molar-refractivity contribution in [1.82, 2.24) is 19.3 Å². The first-order chi connectivity index (χ1) is 16.9. The van der Waals surface area contributed by atoms with Crippen LogP contribution in [-0.2, 0) is 24.0 Å². The monoisotopic (exact) mass is 505 g/mol. The molecule has 0 aliphatic carbocycles. The molecule has 0 saturated heterocycles. The third-order valence-corrected chi connectivity index (χ3v) is 6.56. The fraction of sp³-hybridized carbons (Fsp3) is 0.480. The maximum atomic E-state index is 13.6. The number of halogens is 3. The second-order valence-corrected chi connectivity index (χ2v) is 9.15. The molecule has 0 fully saturated rings. The van der Waals surface area contributed by atoms with Crippen LogP contribution >= 0.6 is 0 Å². The summed E-state index contributed by atoms with van der Waals surface area (Å²) >= 11 is 0. The molecule has 2 aromatic heterocycles. The number of fused-ring (bicyclic) bond motifs is 3. The summed E-state index contributed by atoms with van der Waals surface area (Å²) in [4.78, 5) is 25.1. The highest BCUT2D eigenvalue weighted by atomic mass is 19.4. The lowest BCUT2D eigenvalue weighted by Gasteiger charge is -2.34. The van der Waals surface area contributed by atoms with Gasteiger partial charge in [0.05, 0.1) is 49.3 Å². The summed E-state index contributed by atoms with van der Waals surface area (Å²) in [6.07, 6.45) is -4.06. The number of carbonyl (C=O) groups excluding carboxylic acids is 1. The van der Waals surface area contributed by atoms with E-state index in [2.05, 4.69) is 4.98 Å². The Kier molecular flexibility index (Phi) is 6.87. The van der Waals surface area contributed by atoms with Crippen molar-refractivity contribution in [3.05, 3.63) is 58.0 Å². The van der Waals surface area contributed by atoms with Crippen LogP contribution in [0, 0.1) is 13.8 Å². The predicted octanol–water partition coefficient (Wildman–Crippen LogP) is 4.79. The van der Waals surface area contributed by atoms with E-state index >= 15 is 0 Å². The Hall–Kier alpha value is -3.34. The average Bonchev–Trinajstić information content (AvgIpc) is 3.40. The Balaban J connectivity index is 1.87. The summed E-state index contributed by atoms with van der Waals surface area (Å²) in [5.41, 5.74) is 2.29. The topological polar surface area (TPSA) is 83.2 Å². The van der Waals surface area contributed by atoms with E-state index in [1.54, 1.807) is 42.8 Å². The van der Waals surface area contributed by atoms with Gasteiger partial charge in [-0.1, -0.05) is 12.1 Å². The van der Waals surface area contributed by atoms with Crippen LogP contribution in [0.2, 0.25) is 0 Å². The van der Waals surface area contributed by atoms with E-state index in [0.717, 1.165) is 23.0 Å². The fourth-order valence-electron chi connectivity index (χ4n) is 4.89. The van der Waals surface area contributed by atoms with Gasteiger partial charge in [0, 0.05) is 17.8 Å². The van der Waals surface area contributed by atoms with Gasteiger partial charge in [0.15, 0.2) is 0 Å². The lowest BCUT2D eigenvalue weighted by atomic mass is 9.96. The number of benzene rings is 1. The highest BCUT2D eigenvalue weighted by Gasteiger charge is 2.36. The van der Waals surface area contributed by atoms with Crippen LogP contribution in [-0.4, -0.2) is 49.7 Å². The summed E-state index contributed by atoms with van der Waals surface area (Å²) in [6, 6.07) is 3.56. The Labute approximate surface area is 207 Å². The summed E-state index contributed by atoms with van der Waals surface area (Å²) < 4.78 is 48.0. The van der Waals surface area contributed by atoms with Gasteiger partial charge in [-0.15, -0.1) is 0 Å². The molecule has 1 aliphatic heterocycles. The largest absolute Gasteiger partial charge is 0.450 e. The molecule has 0 saturated carbocycles. The molecule has 1 amide bonds. The number of alkyl halides is 3. The van der Waals surface area contributed by atoms with Crippen LogP contribution < -0.4 is 4.90 Å². The van der Waals surface area contributed by atoms with Crippen molar-refractivity contribution in [1.29, 1.82) is 0 Å². The van der Waals surface area contributed by atoms with E-state index in [9.17, 15) is 23.1 Å². The Morgan fingerprint density at radius 2 is 1.97 bits per heavy atom. The van der Waals surface area contributed by atoms with E-state index in [1.165, 1.54) is 13.0 Å². The molecule has 3 heterocycles. The molecular weight excluding hydrogens is 475 g/mol. The second-order valence-electron chi connectivity index (χ2n) is 9.15. The quantitative estimate of drug-likeness (QED) is 0.519. The number of hydrogen-bond acceptors (Lipinski definition) is 6. The molecule has 4 rings (SSSR count). The van der Waals surface area contributed by atoms with Crippen LogP contribution in [0.25, 0.3) is 5.78 Å². The first-order valence-corrected chi connectivity index (χ1v) is 11.8. The summed E-state index contributed by atoms with van der Waals surface area (Å²) in [6.45, 7) is 9.32. The van der Waals surface area contributed by atoms with Crippen molar-refractivity contribution < 1.29 is 27.8 Å². The molecular formula is C25H30F3N5O3. The van der Waals surface area contributed by atoms with E-state index in [-0.39, 0.29) is 31.8 Å². The molecule has 3 aromatic rings. The predicted molar refractivity (Wildman–Crippen MR) is 128 cm³/mol. The maximum absolute atomic E-state index is 13.6. The molecule has 0 radical (unpaired) electrons. The first kappa shape index (κ1) is 25.7. The number of rotatable bonds is 6. The molecule has 0 bridgehead atoms. The lowest BCUT2D eigenvalue weighted by Crippen LogP contribution is -2.36. The van der Waals surface area contributed by atoms with Crippen LogP contribution in [0.15, 0.2) is 24.4 Å². The number of ether oxygens (including phenoxy) is 1. The number of carbonyl (C=O) groups is 1. The highest BCUT2D eigenvalue weighted by Crippen LogP contribution is 2.39. The number of aryl methyl sites for hydroxylation is 1. The zero-order valence-corrected chi connectivity index (χ0v) is 20.9. The number of imidazole rings is 1. The SMILES string of the molecule is CCOC(=O)N1Cc2c(N(CC(C)O)[C@H](C)c3cccc(C(F)(F)F)c3C)nc3ncc(C)n3c2C1. The van der Waals surface area contributed by atoms with Crippen LogP contribution in [0.4, 0.5) is 23.8 Å². The van der Waals surface area contributed by atoms with E-state index in [0.29, 0.717) is 17.2 Å². The number of amides is 1. The number of nitrogens with zero attached hydrogens (tertiary/aromatic N) is 5. The van der Waals surface area contributed by atoms with Gasteiger partial charge in [-0.05, 0) is 51.8 Å². The molecule has 194 valence electrons. The molecule has 11 heteroatoms. The number of anilines is 1. The van der Waals surface area contributed by atoms with Crippen molar-refractivity contribution in [3.8, 4) is 0 Å². The van der Waals surface area contributed by atoms with Gasteiger partial charge in [0.2, 0.25) is 5.78 Å². The lowest BCUT2D eigenvalue weighted by molar-refractivity contribution is -0.138. The molecule has 1 aromatic carbocycles. The number of aliphatic hydroxyl groups excluding tert-OH is 1. The van der Waals surface area contributed by atoms with Gasteiger partial charge >= 0.3 is 12.3 Å². The third kappa shape index (κ3) is 4.59. The zero-order valence-electron chi connectivity index (χ0n) is 20.9. The smallest absolute Gasteiger partial charge is 0.416 e. The van der Waals surface area contributed by atoms with Gasteiger partial charge in [-0.2, -0.15) is 18.2 Å². The molecule has 0 spiro atoms. The summed E-state index contributed by atoms with van der Waals surface area (Å²) in [7, 11) is 0. The fourth-order valence-corrected chi connectivity index (χ4v) is 4.89.